The highest BCUT2D eigenvalue weighted by molar-refractivity contribution is 7.99. The number of nitrogens with one attached hydrogen (secondary N) is 1. The number of amides is 2. The zero-order chi connectivity index (χ0) is 22.7. The van der Waals surface area contributed by atoms with Crippen LogP contribution in [-0.4, -0.2) is 80.4 Å². The summed E-state index contributed by atoms with van der Waals surface area (Å²) in [5, 5.41) is 2.50. The third-order valence-corrected chi connectivity index (χ3v) is 6.86. The molecule has 3 aliphatic heterocycles. The molecule has 4 rings (SSSR count). The van der Waals surface area contributed by atoms with Gasteiger partial charge in [-0.25, -0.2) is 14.0 Å². The molecule has 1 N–H and O–H groups in total. The minimum atomic E-state index is -0.603. The molecule has 0 saturated carbocycles. The smallest absolute Gasteiger partial charge is 0.414 e. The number of dihydropyridines is 1. The zero-order valence-corrected chi connectivity index (χ0v) is 19.0. The van der Waals surface area contributed by atoms with Gasteiger partial charge in [0.1, 0.15) is 17.8 Å². The van der Waals surface area contributed by atoms with E-state index in [1.165, 1.54) is 18.1 Å². The molecule has 1 aromatic carbocycles. The molecule has 1 aromatic rings. The first-order valence-corrected chi connectivity index (χ1v) is 11.7. The van der Waals surface area contributed by atoms with E-state index in [0.29, 0.717) is 17.8 Å². The lowest BCUT2D eigenvalue weighted by atomic mass is 9.80. The number of benzene rings is 1. The Hall–Kier alpha value is -2.75. The summed E-state index contributed by atoms with van der Waals surface area (Å²) in [5.74, 6) is 2.76. The maximum atomic E-state index is 15.2. The molecule has 0 radical (unpaired) electrons. The summed E-state index contributed by atoms with van der Waals surface area (Å²) in [6, 6.07) is 4.78. The van der Waals surface area contributed by atoms with E-state index in [0.717, 1.165) is 30.4 Å². The Labute approximate surface area is 190 Å². The van der Waals surface area contributed by atoms with Crippen LogP contribution in [0.5, 0.6) is 0 Å². The van der Waals surface area contributed by atoms with Crippen molar-refractivity contribution in [2.24, 2.45) is 4.99 Å². The number of hydrogen-bond donors (Lipinski definition) is 1. The molecule has 1 unspecified atom stereocenters. The molecule has 8 nitrogen and oxygen atoms in total. The fourth-order valence-electron chi connectivity index (χ4n) is 4.02. The molecule has 0 aliphatic carbocycles. The van der Waals surface area contributed by atoms with Gasteiger partial charge in [-0.3, -0.25) is 9.89 Å². The van der Waals surface area contributed by atoms with E-state index in [1.54, 1.807) is 12.1 Å². The van der Waals surface area contributed by atoms with Gasteiger partial charge in [0.25, 0.3) is 0 Å². The number of rotatable bonds is 4. The van der Waals surface area contributed by atoms with E-state index < -0.39 is 29.5 Å². The average Bonchev–Trinajstić information content (AvgIpc) is 3.18. The number of amidine groups is 1. The van der Waals surface area contributed by atoms with E-state index in [2.05, 4.69) is 15.0 Å². The predicted molar refractivity (Wildman–Crippen MR) is 122 cm³/mol. The summed E-state index contributed by atoms with van der Waals surface area (Å²) in [7, 11) is 1.26. The van der Waals surface area contributed by atoms with Crippen molar-refractivity contribution in [3.8, 4) is 0 Å². The maximum absolute atomic E-state index is 15.2. The number of cyclic esters (lactones) is 1. The summed E-state index contributed by atoms with van der Waals surface area (Å²) < 4.78 is 24.9. The number of thioether (sulfide) groups is 1. The number of aliphatic imine (C=N–C) groups is 1. The largest absolute Gasteiger partial charge is 0.453 e. The van der Waals surface area contributed by atoms with Crippen molar-refractivity contribution in [2.45, 2.75) is 18.4 Å². The van der Waals surface area contributed by atoms with Crippen LogP contribution in [0.4, 0.5) is 19.7 Å². The van der Waals surface area contributed by atoms with Crippen LogP contribution >= 0.6 is 11.8 Å². The number of carbonyl (C=O) groups is 2. The molecule has 10 heteroatoms. The molecule has 3 aliphatic rings. The van der Waals surface area contributed by atoms with Gasteiger partial charge in [-0.1, -0.05) is 19.1 Å². The normalized spacial score (nSPS) is 25.4. The van der Waals surface area contributed by atoms with Gasteiger partial charge in [-0.2, -0.15) is 11.8 Å². The summed E-state index contributed by atoms with van der Waals surface area (Å²) in [6.45, 7) is 4.72. The number of halogens is 1. The Kier molecular flexibility index (Phi) is 6.59. The topological polar surface area (TPSA) is 83.5 Å². The van der Waals surface area contributed by atoms with Crippen molar-refractivity contribution < 1.29 is 23.5 Å². The van der Waals surface area contributed by atoms with Crippen molar-refractivity contribution in [1.82, 2.24) is 10.2 Å². The molecular formula is C22H27FN4O4S. The molecule has 3 heterocycles. The molecule has 2 amide bonds. The minimum absolute atomic E-state index is 0.119. The van der Waals surface area contributed by atoms with Crippen LogP contribution in [0.2, 0.25) is 0 Å². The van der Waals surface area contributed by atoms with Crippen molar-refractivity contribution in [2.75, 3.05) is 56.2 Å². The monoisotopic (exact) mass is 462 g/mol. The fourth-order valence-corrected chi connectivity index (χ4v) is 4.93. The average molecular weight is 463 g/mol. The summed E-state index contributed by atoms with van der Waals surface area (Å²) in [5.41, 5.74) is 0.385. The van der Waals surface area contributed by atoms with Gasteiger partial charge < -0.3 is 19.7 Å². The van der Waals surface area contributed by atoms with E-state index in [9.17, 15) is 9.59 Å². The summed E-state index contributed by atoms with van der Waals surface area (Å²) >= 11 is 1.95. The van der Waals surface area contributed by atoms with Crippen molar-refractivity contribution >= 4 is 35.5 Å². The highest BCUT2D eigenvalue weighted by Gasteiger charge is 2.35. The van der Waals surface area contributed by atoms with Crippen LogP contribution in [0.15, 0.2) is 35.3 Å². The lowest BCUT2D eigenvalue weighted by Gasteiger charge is -2.34. The minimum Gasteiger partial charge on any atom is -0.453 e. The van der Waals surface area contributed by atoms with E-state index in [1.807, 2.05) is 30.8 Å². The first kappa shape index (κ1) is 22.4. The van der Waals surface area contributed by atoms with Crippen LogP contribution in [0.1, 0.15) is 12.5 Å². The van der Waals surface area contributed by atoms with Crippen LogP contribution < -0.4 is 10.2 Å². The Bertz CT molecular complexity index is 950. The van der Waals surface area contributed by atoms with E-state index in [-0.39, 0.29) is 13.1 Å². The van der Waals surface area contributed by atoms with Crippen molar-refractivity contribution in [3.63, 3.8) is 0 Å². The second-order valence-electron chi connectivity index (χ2n) is 8.18. The van der Waals surface area contributed by atoms with E-state index >= 15 is 4.39 Å². The van der Waals surface area contributed by atoms with Gasteiger partial charge in [0.05, 0.1) is 32.4 Å². The van der Waals surface area contributed by atoms with Crippen molar-refractivity contribution in [3.05, 3.63) is 41.7 Å². The highest BCUT2D eigenvalue weighted by Crippen LogP contribution is 2.33. The Morgan fingerprint density at radius 3 is 2.84 bits per heavy atom. The molecular weight excluding hydrogens is 435 g/mol. The standard InChI is InChI=1S/C22H27FN4O4S/c1-22(6-5-19(25-14-22)26-7-9-32-10-8-26)17-4-3-15(11-18(17)23)27-13-16(31-21(27)29)12-24-20(28)30-2/h3-6,11,16H,7-10,12-14H2,1-2H3,(H,24,28)/t16-,22?/m0/s1. The number of ether oxygens (including phenoxy) is 2. The Morgan fingerprint density at radius 2 is 2.19 bits per heavy atom. The second-order valence-corrected chi connectivity index (χ2v) is 9.40. The number of alkyl carbamates (subject to hydrolysis) is 1. The number of anilines is 1. The SMILES string of the molecule is COC(=O)NC[C@H]1CN(c2ccc(C3(C)C=CC(N4CCSCC4)=NC3)c(F)c2)C(=O)O1. The third-order valence-electron chi connectivity index (χ3n) is 5.92. The molecule has 0 aromatic heterocycles. The molecule has 172 valence electrons. The molecule has 0 spiro atoms. The Morgan fingerprint density at radius 1 is 1.41 bits per heavy atom. The predicted octanol–water partition coefficient (Wildman–Crippen LogP) is 2.78. The van der Waals surface area contributed by atoms with E-state index in [4.69, 9.17) is 9.73 Å². The summed E-state index contributed by atoms with van der Waals surface area (Å²) in [6.07, 6.45) is 2.29. The fraction of sp³-hybridized carbons (Fsp3) is 0.500. The van der Waals surface area contributed by atoms with Crippen LogP contribution in [0, 0.1) is 5.82 Å². The number of hydrogen-bond acceptors (Lipinski definition) is 7. The number of nitrogens with zero attached hydrogens (tertiary/aromatic N) is 3. The molecule has 2 atom stereocenters. The van der Waals surface area contributed by atoms with Crippen LogP contribution in [-0.2, 0) is 14.9 Å². The zero-order valence-electron chi connectivity index (χ0n) is 18.2. The Balaban J connectivity index is 1.43. The van der Waals surface area contributed by atoms with Gasteiger partial charge in [-0.05, 0) is 23.8 Å². The quantitative estimate of drug-likeness (QED) is 0.741. The second kappa shape index (κ2) is 9.40. The van der Waals surface area contributed by atoms with Gasteiger partial charge in [-0.15, -0.1) is 0 Å². The first-order chi connectivity index (χ1) is 15.4. The molecule has 2 saturated heterocycles. The number of carbonyl (C=O) groups excluding carboxylic acids is 2. The first-order valence-electron chi connectivity index (χ1n) is 10.6. The van der Waals surface area contributed by atoms with Gasteiger partial charge in [0.15, 0.2) is 0 Å². The third kappa shape index (κ3) is 4.69. The van der Waals surface area contributed by atoms with Gasteiger partial charge in [0.2, 0.25) is 0 Å². The highest BCUT2D eigenvalue weighted by atomic mass is 32.2. The lowest BCUT2D eigenvalue weighted by molar-refractivity contribution is 0.132. The van der Waals surface area contributed by atoms with Crippen molar-refractivity contribution in [1.29, 1.82) is 0 Å². The van der Waals surface area contributed by atoms with Crippen LogP contribution in [0.25, 0.3) is 0 Å². The summed E-state index contributed by atoms with van der Waals surface area (Å²) in [4.78, 5) is 31.8. The molecule has 32 heavy (non-hydrogen) atoms. The molecule has 0 bridgehead atoms. The number of methoxy groups -OCH3 is 1. The van der Waals surface area contributed by atoms with Gasteiger partial charge >= 0.3 is 12.2 Å². The molecule has 2 fully saturated rings. The van der Waals surface area contributed by atoms with Gasteiger partial charge in [0, 0.05) is 30.0 Å². The van der Waals surface area contributed by atoms with Crippen LogP contribution in [0.3, 0.4) is 0 Å². The lowest BCUT2D eigenvalue weighted by Crippen LogP contribution is -2.40. The maximum Gasteiger partial charge on any atom is 0.414 e.